The van der Waals surface area contributed by atoms with Gasteiger partial charge in [0, 0.05) is 61.4 Å². The molecule has 7 rings (SSSR count). The number of imidazole rings is 1. The molecule has 1 fully saturated rings. The summed E-state index contributed by atoms with van der Waals surface area (Å²) in [5.41, 5.74) is 12.7. The molecule has 0 saturated carbocycles. The number of benzene rings is 2. The van der Waals surface area contributed by atoms with Crippen molar-refractivity contribution in [1.29, 1.82) is 5.26 Å². The van der Waals surface area contributed by atoms with Crippen molar-refractivity contribution in [1.82, 2.24) is 34.4 Å². The minimum Gasteiger partial charge on any atom is -0.383 e. The fourth-order valence-electron chi connectivity index (χ4n) is 5.48. The highest BCUT2D eigenvalue weighted by Gasteiger charge is 2.21. The number of fused-ring (bicyclic) bond motifs is 1. The van der Waals surface area contributed by atoms with Crippen molar-refractivity contribution in [2.24, 2.45) is 0 Å². The summed E-state index contributed by atoms with van der Waals surface area (Å²) in [6.45, 7) is 4.15. The van der Waals surface area contributed by atoms with Gasteiger partial charge in [-0.2, -0.15) is 5.26 Å². The second-order valence-electron chi connectivity index (χ2n) is 10.5. The van der Waals surface area contributed by atoms with Gasteiger partial charge in [0.15, 0.2) is 11.5 Å². The van der Waals surface area contributed by atoms with Crippen LogP contribution in [0.2, 0.25) is 5.02 Å². The Morgan fingerprint density at radius 3 is 2.45 bits per heavy atom. The van der Waals surface area contributed by atoms with Crippen molar-refractivity contribution in [3.63, 3.8) is 0 Å². The molecule has 5 heterocycles. The van der Waals surface area contributed by atoms with Crippen LogP contribution in [0.1, 0.15) is 11.3 Å². The van der Waals surface area contributed by atoms with Crippen LogP contribution < -0.4 is 10.6 Å². The lowest BCUT2D eigenvalue weighted by molar-refractivity contribution is 0.248. The van der Waals surface area contributed by atoms with E-state index >= 15 is 0 Å². The van der Waals surface area contributed by atoms with Gasteiger partial charge in [-0.25, -0.2) is 24.9 Å². The number of hydrogen-bond acceptors (Lipinski definition) is 9. The van der Waals surface area contributed by atoms with Crippen LogP contribution in [-0.2, 0) is 6.54 Å². The van der Waals surface area contributed by atoms with Crippen LogP contribution in [0, 0.1) is 11.3 Å². The van der Waals surface area contributed by atoms with Gasteiger partial charge in [-0.1, -0.05) is 35.9 Å². The van der Waals surface area contributed by atoms with Crippen LogP contribution in [0.3, 0.4) is 0 Å². The van der Waals surface area contributed by atoms with Crippen LogP contribution in [0.15, 0.2) is 91.3 Å². The molecule has 0 atom stereocenters. The van der Waals surface area contributed by atoms with E-state index in [-0.39, 0.29) is 0 Å². The quantitative estimate of drug-likeness (QED) is 0.269. The monoisotopic (exact) mass is 598 g/mol. The van der Waals surface area contributed by atoms with E-state index in [4.69, 9.17) is 32.6 Å². The highest BCUT2D eigenvalue weighted by molar-refractivity contribution is 6.30. The molecule has 11 heteroatoms. The third kappa shape index (κ3) is 5.42. The van der Waals surface area contributed by atoms with Crippen molar-refractivity contribution in [2.45, 2.75) is 6.54 Å². The Hall–Kier alpha value is -5.37. The normalized spacial score (nSPS) is 13.7. The number of piperazine rings is 1. The van der Waals surface area contributed by atoms with E-state index in [2.05, 4.69) is 55.1 Å². The predicted octanol–water partition coefficient (Wildman–Crippen LogP) is 5.37. The fraction of sp³-hybridized carbons (Fsp3) is 0.152. The zero-order valence-corrected chi connectivity index (χ0v) is 24.4. The second kappa shape index (κ2) is 11.7. The molecule has 216 valence electrons. The Kier molecular flexibility index (Phi) is 7.32. The summed E-state index contributed by atoms with van der Waals surface area (Å²) in [5.74, 6) is 1.69. The molecular weight excluding hydrogens is 572 g/mol. The van der Waals surface area contributed by atoms with Gasteiger partial charge in [-0.15, -0.1) is 0 Å². The van der Waals surface area contributed by atoms with Gasteiger partial charge in [0.05, 0.1) is 11.3 Å². The smallest absolute Gasteiger partial charge is 0.226 e. The van der Waals surface area contributed by atoms with E-state index in [9.17, 15) is 0 Å². The zero-order chi connectivity index (χ0) is 30.0. The van der Waals surface area contributed by atoms with E-state index in [1.807, 2.05) is 53.1 Å². The Morgan fingerprint density at radius 2 is 1.68 bits per heavy atom. The number of nitrogens with two attached hydrogens (primary N) is 1. The molecule has 44 heavy (non-hydrogen) atoms. The molecule has 0 amide bonds. The summed E-state index contributed by atoms with van der Waals surface area (Å²) in [6.07, 6.45) is 3.31. The van der Waals surface area contributed by atoms with Crippen LogP contribution in [-0.4, -0.2) is 60.6 Å². The summed E-state index contributed by atoms with van der Waals surface area (Å²) in [6, 6.07) is 27.6. The fourth-order valence-corrected chi connectivity index (χ4v) is 5.67. The molecule has 1 saturated heterocycles. The number of nitrogens with zero attached hydrogens (tertiary/aromatic N) is 9. The molecule has 4 aromatic heterocycles. The lowest BCUT2D eigenvalue weighted by Crippen LogP contribution is -2.46. The number of halogens is 1. The topological polar surface area (TPSA) is 126 Å². The zero-order valence-electron chi connectivity index (χ0n) is 23.7. The first-order valence-corrected chi connectivity index (χ1v) is 14.6. The Balaban J connectivity index is 1.17. The Labute approximate surface area is 259 Å². The summed E-state index contributed by atoms with van der Waals surface area (Å²) in [7, 11) is 0. The molecular formula is C33H27ClN10. The molecule has 2 N–H and O–H groups in total. The average Bonchev–Trinajstić information content (AvgIpc) is 3.44. The summed E-state index contributed by atoms with van der Waals surface area (Å²) in [5, 5.41) is 9.82. The van der Waals surface area contributed by atoms with Crippen LogP contribution in [0.5, 0.6) is 0 Å². The minimum atomic E-state index is 0.383. The maximum absolute atomic E-state index is 9.16. The number of hydrogen-bond donors (Lipinski definition) is 1. The number of aromatic nitrogens is 6. The molecule has 2 aromatic carbocycles. The van der Waals surface area contributed by atoms with Crippen molar-refractivity contribution in [3.8, 4) is 34.4 Å². The Morgan fingerprint density at radius 1 is 0.841 bits per heavy atom. The highest BCUT2D eigenvalue weighted by Crippen LogP contribution is 2.32. The molecule has 0 aliphatic carbocycles. The van der Waals surface area contributed by atoms with Crippen LogP contribution in [0.4, 0.5) is 11.8 Å². The standard InChI is InChI=1S/C33H27ClN10/c34-24-4-1-3-23(19-24)28-10-11-29-32(40-28)44(31(41-29)27-5-2-13-37-30(27)36)26-8-6-22(7-9-26)21-42-15-17-43(18-16-42)33-38-14-12-25(20-35)39-33/h1-14,19H,15-18,21H2,(H2,36,37). The van der Waals surface area contributed by atoms with Gasteiger partial charge in [0.25, 0.3) is 0 Å². The SMILES string of the molecule is N#Cc1ccnc(N2CCN(Cc3ccc(-n4c(-c5cccnc5N)nc5ccc(-c6cccc(Cl)c6)nc54)cc3)CC2)n1. The third-order valence-corrected chi connectivity index (χ3v) is 7.95. The van der Waals surface area contributed by atoms with Gasteiger partial charge in [0.1, 0.15) is 23.1 Å². The number of anilines is 2. The van der Waals surface area contributed by atoms with E-state index in [1.54, 1.807) is 18.5 Å². The first-order valence-electron chi connectivity index (χ1n) is 14.2. The van der Waals surface area contributed by atoms with Gasteiger partial charge < -0.3 is 10.6 Å². The van der Waals surface area contributed by atoms with Crippen molar-refractivity contribution >= 4 is 34.5 Å². The van der Waals surface area contributed by atoms with E-state index in [0.717, 1.165) is 60.7 Å². The summed E-state index contributed by atoms with van der Waals surface area (Å²) >= 11 is 6.28. The van der Waals surface area contributed by atoms with E-state index in [0.29, 0.717) is 34.0 Å². The molecule has 10 nitrogen and oxygen atoms in total. The largest absolute Gasteiger partial charge is 0.383 e. The first kappa shape index (κ1) is 27.5. The van der Waals surface area contributed by atoms with Gasteiger partial charge in [-0.3, -0.25) is 9.47 Å². The van der Waals surface area contributed by atoms with Gasteiger partial charge >= 0.3 is 0 Å². The Bertz CT molecular complexity index is 2010. The lowest BCUT2D eigenvalue weighted by Gasteiger charge is -2.34. The molecule has 1 aliphatic rings. The molecule has 0 bridgehead atoms. The van der Waals surface area contributed by atoms with Crippen molar-refractivity contribution in [2.75, 3.05) is 36.8 Å². The van der Waals surface area contributed by atoms with Crippen LogP contribution >= 0.6 is 11.6 Å². The summed E-state index contributed by atoms with van der Waals surface area (Å²) < 4.78 is 2.04. The summed E-state index contributed by atoms with van der Waals surface area (Å²) in [4.78, 5) is 27.5. The van der Waals surface area contributed by atoms with Crippen molar-refractivity contribution in [3.05, 3.63) is 108 Å². The van der Waals surface area contributed by atoms with Crippen LogP contribution in [0.25, 0.3) is 39.5 Å². The average molecular weight is 599 g/mol. The first-order chi connectivity index (χ1) is 21.6. The maximum atomic E-state index is 9.16. The van der Waals surface area contributed by atoms with E-state index < -0.39 is 0 Å². The molecule has 0 unspecified atom stereocenters. The highest BCUT2D eigenvalue weighted by atomic mass is 35.5. The lowest BCUT2D eigenvalue weighted by atomic mass is 10.1. The molecule has 0 spiro atoms. The number of nitrogen functional groups attached to an aromatic ring is 1. The minimum absolute atomic E-state index is 0.383. The van der Waals surface area contributed by atoms with Gasteiger partial charge in [-0.05, 0) is 60.2 Å². The number of rotatable bonds is 6. The van der Waals surface area contributed by atoms with E-state index in [1.165, 1.54) is 5.56 Å². The third-order valence-electron chi connectivity index (χ3n) is 7.72. The molecule has 0 radical (unpaired) electrons. The number of nitriles is 1. The van der Waals surface area contributed by atoms with Crippen molar-refractivity contribution < 1.29 is 0 Å². The second-order valence-corrected chi connectivity index (χ2v) is 11.0. The molecule has 6 aromatic rings. The molecule has 1 aliphatic heterocycles. The van der Waals surface area contributed by atoms with Gasteiger partial charge in [0.2, 0.25) is 5.95 Å². The number of pyridine rings is 2. The maximum Gasteiger partial charge on any atom is 0.226 e. The predicted molar refractivity (Wildman–Crippen MR) is 171 cm³/mol.